The monoisotopic (exact) mass is 187 g/mol. The van der Waals surface area contributed by atoms with Crippen molar-refractivity contribution >= 4 is 5.78 Å². The second kappa shape index (κ2) is 3.46. The van der Waals surface area contributed by atoms with Gasteiger partial charge in [-0.3, -0.25) is 4.79 Å². The molecule has 0 unspecified atom stereocenters. The molecule has 14 heavy (non-hydrogen) atoms. The summed E-state index contributed by atoms with van der Waals surface area (Å²) in [5.74, 6) is -0.0348. The van der Waals surface area contributed by atoms with Crippen LogP contribution in [0.5, 0.6) is 0 Å². The zero-order chi connectivity index (χ0) is 9.97. The highest BCUT2D eigenvalue weighted by molar-refractivity contribution is 6.06. The Kier molecular flexibility index (Phi) is 2.14. The lowest BCUT2D eigenvalue weighted by Gasteiger charge is -2.00. The van der Waals surface area contributed by atoms with Crippen molar-refractivity contribution < 1.29 is 9.21 Å². The van der Waals surface area contributed by atoms with Crippen LogP contribution in [0.15, 0.2) is 41.1 Å². The lowest BCUT2D eigenvalue weighted by Crippen LogP contribution is -2.03. The topological polar surface area (TPSA) is 43.1 Å². The number of oxazole rings is 1. The third kappa shape index (κ3) is 1.44. The van der Waals surface area contributed by atoms with Crippen LogP contribution in [0.3, 0.4) is 0 Å². The predicted octanol–water partition coefficient (Wildman–Crippen LogP) is 2.21. The predicted molar refractivity (Wildman–Crippen MR) is 51.1 cm³/mol. The first-order chi connectivity index (χ1) is 6.79. The molecular formula is C11H9NO2. The molecule has 1 aromatic heterocycles. The summed E-state index contributed by atoms with van der Waals surface area (Å²) >= 11 is 0. The minimum Gasteiger partial charge on any atom is -0.442 e. The van der Waals surface area contributed by atoms with Gasteiger partial charge in [-0.1, -0.05) is 24.3 Å². The minimum atomic E-state index is -0.173. The minimum absolute atomic E-state index is 0.138. The Bertz CT molecular complexity index is 446. The van der Waals surface area contributed by atoms with Gasteiger partial charge in [0.25, 0.3) is 5.89 Å². The van der Waals surface area contributed by atoms with E-state index in [-0.39, 0.29) is 11.7 Å². The fraction of sp³-hybridized carbons (Fsp3) is 0.0909. The summed E-state index contributed by atoms with van der Waals surface area (Å²) < 4.78 is 4.94. The summed E-state index contributed by atoms with van der Waals surface area (Å²) in [6.07, 6.45) is 2.86. The van der Waals surface area contributed by atoms with Crippen molar-refractivity contribution in [2.45, 2.75) is 6.92 Å². The molecule has 0 fully saturated rings. The highest BCUT2D eigenvalue weighted by Crippen LogP contribution is 2.11. The summed E-state index contributed by atoms with van der Waals surface area (Å²) in [6.45, 7) is 1.89. The summed E-state index contributed by atoms with van der Waals surface area (Å²) in [4.78, 5) is 15.6. The molecule has 3 heteroatoms. The molecule has 1 aromatic carbocycles. The number of carbonyl (C=O) groups excluding carboxylic acids is 1. The number of nitrogens with zero attached hydrogens (tertiary/aromatic N) is 1. The Morgan fingerprint density at radius 3 is 2.79 bits per heavy atom. The number of benzene rings is 1. The van der Waals surface area contributed by atoms with E-state index in [1.165, 1.54) is 12.5 Å². The van der Waals surface area contributed by atoms with Crippen LogP contribution in [0.2, 0.25) is 0 Å². The van der Waals surface area contributed by atoms with E-state index in [0.29, 0.717) is 5.56 Å². The van der Waals surface area contributed by atoms with Crippen molar-refractivity contribution in [3.8, 4) is 0 Å². The van der Waals surface area contributed by atoms with Gasteiger partial charge in [-0.2, -0.15) is 0 Å². The smallest absolute Gasteiger partial charge is 0.268 e. The lowest BCUT2D eigenvalue weighted by molar-refractivity contribution is 0.100. The molecule has 70 valence electrons. The molecule has 0 bridgehead atoms. The third-order valence-electron chi connectivity index (χ3n) is 2.02. The largest absolute Gasteiger partial charge is 0.442 e. The van der Waals surface area contributed by atoms with E-state index in [2.05, 4.69) is 4.98 Å². The van der Waals surface area contributed by atoms with Crippen molar-refractivity contribution in [3.63, 3.8) is 0 Å². The summed E-state index contributed by atoms with van der Waals surface area (Å²) in [5.41, 5.74) is 1.56. The van der Waals surface area contributed by atoms with Crippen LogP contribution in [0.25, 0.3) is 0 Å². The molecule has 0 saturated heterocycles. The van der Waals surface area contributed by atoms with E-state index in [0.717, 1.165) is 5.56 Å². The van der Waals surface area contributed by atoms with Gasteiger partial charge in [-0.05, 0) is 12.5 Å². The maximum Gasteiger partial charge on any atom is 0.268 e. The Hall–Kier alpha value is -1.90. The van der Waals surface area contributed by atoms with E-state index in [4.69, 9.17) is 4.42 Å². The number of hydrogen-bond donors (Lipinski definition) is 0. The Morgan fingerprint density at radius 1 is 1.36 bits per heavy atom. The molecule has 1 heterocycles. The van der Waals surface area contributed by atoms with E-state index in [9.17, 15) is 4.79 Å². The molecule has 3 nitrogen and oxygen atoms in total. The first kappa shape index (κ1) is 8.69. The van der Waals surface area contributed by atoms with E-state index in [1.807, 2.05) is 25.1 Å². The van der Waals surface area contributed by atoms with Gasteiger partial charge in [0.05, 0.1) is 6.20 Å². The van der Waals surface area contributed by atoms with Crippen molar-refractivity contribution in [3.05, 3.63) is 53.7 Å². The number of aryl methyl sites for hydroxylation is 1. The van der Waals surface area contributed by atoms with Gasteiger partial charge < -0.3 is 4.42 Å². The number of rotatable bonds is 2. The Balaban J connectivity index is 2.42. The van der Waals surface area contributed by atoms with Gasteiger partial charge in [-0.15, -0.1) is 0 Å². The molecule has 0 spiro atoms. The summed E-state index contributed by atoms with van der Waals surface area (Å²) in [7, 11) is 0. The second-order valence-corrected chi connectivity index (χ2v) is 2.98. The SMILES string of the molecule is Cc1ccccc1C(=O)c1ncco1. The fourth-order valence-corrected chi connectivity index (χ4v) is 1.28. The number of ketones is 1. The van der Waals surface area contributed by atoms with Gasteiger partial charge >= 0.3 is 0 Å². The number of aromatic nitrogens is 1. The summed E-state index contributed by atoms with van der Waals surface area (Å²) in [6, 6.07) is 7.36. The second-order valence-electron chi connectivity index (χ2n) is 2.98. The van der Waals surface area contributed by atoms with Crippen molar-refractivity contribution in [1.82, 2.24) is 4.98 Å². The Morgan fingerprint density at radius 2 is 2.14 bits per heavy atom. The summed E-state index contributed by atoms with van der Waals surface area (Å²) in [5, 5.41) is 0. The molecule has 0 aliphatic rings. The van der Waals surface area contributed by atoms with Crippen LogP contribution in [0.1, 0.15) is 21.8 Å². The molecule has 0 radical (unpaired) electrons. The highest BCUT2D eigenvalue weighted by Gasteiger charge is 2.14. The molecule has 0 atom stereocenters. The maximum absolute atomic E-state index is 11.8. The standard InChI is InChI=1S/C11H9NO2/c1-8-4-2-3-5-9(8)10(13)11-12-6-7-14-11/h2-7H,1H3. The molecule has 2 aromatic rings. The van der Waals surface area contributed by atoms with E-state index >= 15 is 0 Å². The highest BCUT2D eigenvalue weighted by atomic mass is 16.3. The molecule has 0 aliphatic carbocycles. The van der Waals surface area contributed by atoms with Crippen LogP contribution >= 0.6 is 0 Å². The zero-order valence-electron chi connectivity index (χ0n) is 7.73. The van der Waals surface area contributed by atoms with Gasteiger partial charge in [0.2, 0.25) is 5.78 Å². The molecule has 2 rings (SSSR count). The first-order valence-electron chi connectivity index (χ1n) is 4.29. The van der Waals surface area contributed by atoms with Crippen molar-refractivity contribution in [2.24, 2.45) is 0 Å². The van der Waals surface area contributed by atoms with Crippen LogP contribution < -0.4 is 0 Å². The molecular weight excluding hydrogens is 178 g/mol. The molecule has 0 aliphatic heterocycles. The van der Waals surface area contributed by atoms with Gasteiger partial charge in [0.1, 0.15) is 6.26 Å². The number of hydrogen-bond acceptors (Lipinski definition) is 3. The quantitative estimate of drug-likeness (QED) is 0.677. The van der Waals surface area contributed by atoms with Gasteiger partial charge in [-0.25, -0.2) is 4.98 Å². The molecule has 0 N–H and O–H groups in total. The maximum atomic E-state index is 11.8. The average molecular weight is 187 g/mol. The lowest BCUT2D eigenvalue weighted by atomic mass is 10.1. The van der Waals surface area contributed by atoms with Crippen LogP contribution in [0, 0.1) is 6.92 Å². The van der Waals surface area contributed by atoms with Crippen LogP contribution in [0.4, 0.5) is 0 Å². The average Bonchev–Trinajstić information content (AvgIpc) is 2.70. The third-order valence-corrected chi connectivity index (χ3v) is 2.02. The van der Waals surface area contributed by atoms with Crippen LogP contribution in [-0.2, 0) is 0 Å². The van der Waals surface area contributed by atoms with Gasteiger partial charge in [0.15, 0.2) is 0 Å². The molecule has 0 amide bonds. The van der Waals surface area contributed by atoms with Crippen LogP contribution in [-0.4, -0.2) is 10.8 Å². The zero-order valence-corrected chi connectivity index (χ0v) is 7.73. The first-order valence-corrected chi connectivity index (χ1v) is 4.29. The van der Waals surface area contributed by atoms with Gasteiger partial charge in [0, 0.05) is 5.56 Å². The van der Waals surface area contributed by atoms with Crippen molar-refractivity contribution in [2.75, 3.05) is 0 Å². The number of carbonyl (C=O) groups is 1. The molecule has 0 saturated carbocycles. The van der Waals surface area contributed by atoms with E-state index < -0.39 is 0 Å². The normalized spacial score (nSPS) is 10.1. The Labute approximate surface area is 81.4 Å². The van der Waals surface area contributed by atoms with Crippen molar-refractivity contribution in [1.29, 1.82) is 0 Å². The van der Waals surface area contributed by atoms with E-state index in [1.54, 1.807) is 6.07 Å². The fourth-order valence-electron chi connectivity index (χ4n) is 1.28.